The summed E-state index contributed by atoms with van der Waals surface area (Å²) in [4.78, 5) is 0. The van der Waals surface area contributed by atoms with E-state index in [2.05, 4.69) is 60.7 Å². The minimum Gasteiger partial charge on any atom is -0.369 e. The van der Waals surface area contributed by atoms with Gasteiger partial charge in [-0.05, 0) is 22.3 Å². The van der Waals surface area contributed by atoms with Crippen LogP contribution in [0.4, 0.5) is 0 Å². The smallest absolute Gasteiger partial charge is 0.184 e. The van der Waals surface area contributed by atoms with E-state index in [1.165, 1.54) is 11.1 Å². The molecule has 0 amide bonds. The summed E-state index contributed by atoms with van der Waals surface area (Å²) in [5, 5.41) is 11.2. The third kappa shape index (κ3) is 8.46. The van der Waals surface area contributed by atoms with Crippen LogP contribution in [0, 0.1) is 0 Å². The van der Waals surface area contributed by atoms with E-state index in [4.69, 9.17) is 14.2 Å². The number of hydrogen-bond donors (Lipinski definition) is 1. The van der Waals surface area contributed by atoms with Crippen LogP contribution in [0.3, 0.4) is 0 Å². The van der Waals surface area contributed by atoms with Crippen LogP contribution < -0.4 is 0 Å². The molecule has 6 heteroatoms. The lowest BCUT2D eigenvalue weighted by atomic mass is 10.0. The van der Waals surface area contributed by atoms with Gasteiger partial charge in [0, 0.05) is 17.3 Å². The summed E-state index contributed by atoms with van der Waals surface area (Å²) < 4.78 is 19.3. The predicted octanol–water partition coefficient (Wildman–Crippen LogP) is 7.11. The summed E-state index contributed by atoms with van der Waals surface area (Å²) in [6, 6.07) is 41.1. The molecule has 1 saturated heterocycles. The predicted molar refractivity (Wildman–Crippen MR) is 165 cm³/mol. The van der Waals surface area contributed by atoms with Gasteiger partial charge in [0.15, 0.2) is 6.29 Å². The van der Waals surface area contributed by atoms with Crippen molar-refractivity contribution in [3.05, 3.63) is 144 Å². The Morgan fingerprint density at radius 2 is 1.02 bits per heavy atom. The molecule has 1 heterocycles. The van der Waals surface area contributed by atoms with Crippen LogP contribution in [0.15, 0.2) is 121 Å². The Kier molecular flexibility index (Phi) is 11.2. The highest BCUT2D eigenvalue weighted by molar-refractivity contribution is 7.99. The lowest BCUT2D eigenvalue weighted by molar-refractivity contribution is -0.264. The first-order valence-corrected chi connectivity index (χ1v) is 15.9. The maximum absolute atomic E-state index is 11.3. The van der Waals surface area contributed by atoms with Gasteiger partial charge in [-0.2, -0.15) is 11.8 Å². The fourth-order valence-corrected chi connectivity index (χ4v) is 7.33. The Morgan fingerprint density at radius 3 is 1.55 bits per heavy atom. The summed E-state index contributed by atoms with van der Waals surface area (Å²) in [6.45, 7) is 0.816. The van der Waals surface area contributed by atoms with Crippen molar-refractivity contribution in [2.24, 2.45) is 0 Å². The average Bonchev–Trinajstić information content (AvgIpc) is 3.01. The molecule has 1 aliphatic heterocycles. The van der Waals surface area contributed by atoms with Crippen molar-refractivity contribution >= 4 is 23.5 Å². The zero-order chi connectivity index (χ0) is 27.4. The van der Waals surface area contributed by atoms with Crippen LogP contribution in [0.1, 0.15) is 22.3 Å². The third-order valence-electron chi connectivity index (χ3n) is 6.86. The molecule has 0 spiro atoms. The zero-order valence-corrected chi connectivity index (χ0v) is 24.1. The molecule has 208 valence electrons. The molecular formula is C34H36O4S2. The standard InChI is InChI=1S/C34H36O4S2/c35-34-32(37-22-27-15-7-2-8-16-27)31(36-21-26-13-5-1-6-14-26)33(40-24-29-19-11-4-12-20-29)30(38-34)25-39-23-28-17-9-3-10-18-28/h1-20,30-35H,21-25H2. The summed E-state index contributed by atoms with van der Waals surface area (Å²) in [5.41, 5.74) is 4.66. The maximum atomic E-state index is 11.3. The Bertz CT molecular complexity index is 1240. The van der Waals surface area contributed by atoms with Crippen molar-refractivity contribution in [2.75, 3.05) is 5.75 Å². The fourth-order valence-electron chi connectivity index (χ4n) is 4.77. The highest BCUT2D eigenvalue weighted by Gasteiger charge is 2.47. The summed E-state index contributed by atoms with van der Waals surface area (Å²) in [6.07, 6.45) is -2.26. The molecular weight excluding hydrogens is 537 g/mol. The molecule has 0 saturated carbocycles. The van der Waals surface area contributed by atoms with E-state index in [0.29, 0.717) is 13.2 Å². The van der Waals surface area contributed by atoms with Gasteiger partial charge in [0.2, 0.25) is 0 Å². The molecule has 0 aliphatic carbocycles. The number of aliphatic hydroxyl groups is 1. The minimum absolute atomic E-state index is 0.0311. The molecule has 0 radical (unpaired) electrons. The number of rotatable bonds is 13. The van der Waals surface area contributed by atoms with Gasteiger partial charge in [0.05, 0.1) is 24.6 Å². The van der Waals surface area contributed by atoms with E-state index in [1.54, 1.807) is 0 Å². The van der Waals surface area contributed by atoms with Crippen LogP contribution in [0.2, 0.25) is 0 Å². The van der Waals surface area contributed by atoms with E-state index >= 15 is 0 Å². The normalized spacial score (nSPS) is 22.7. The van der Waals surface area contributed by atoms with E-state index < -0.39 is 12.4 Å². The molecule has 1 fully saturated rings. The SMILES string of the molecule is OC1OC(CSCc2ccccc2)C(SCc2ccccc2)C(OCc2ccccc2)C1OCc1ccccc1. The summed E-state index contributed by atoms with van der Waals surface area (Å²) >= 11 is 3.64. The Hall–Kier alpha value is -2.58. The molecule has 4 nitrogen and oxygen atoms in total. The van der Waals surface area contributed by atoms with Crippen molar-refractivity contribution in [3.8, 4) is 0 Å². The van der Waals surface area contributed by atoms with E-state index in [1.807, 2.05) is 84.2 Å². The highest BCUT2D eigenvalue weighted by Crippen LogP contribution is 2.37. The molecule has 4 aromatic carbocycles. The quantitative estimate of drug-likeness (QED) is 0.184. The van der Waals surface area contributed by atoms with Crippen LogP contribution >= 0.6 is 23.5 Å². The van der Waals surface area contributed by atoms with Gasteiger partial charge in [-0.15, -0.1) is 11.8 Å². The van der Waals surface area contributed by atoms with Gasteiger partial charge < -0.3 is 19.3 Å². The molecule has 4 aromatic rings. The average molecular weight is 573 g/mol. The highest BCUT2D eigenvalue weighted by atomic mass is 32.2. The van der Waals surface area contributed by atoms with Crippen molar-refractivity contribution in [3.63, 3.8) is 0 Å². The van der Waals surface area contributed by atoms with Crippen molar-refractivity contribution in [1.29, 1.82) is 0 Å². The lowest BCUT2D eigenvalue weighted by Crippen LogP contribution is -2.58. The van der Waals surface area contributed by atoms with Crippen LogP contribution in [0.5, 0.6) is 0 Å². The van der Waals surface area contributed by atoms with Gasteiger partial charge >= 0.3 is 0 Å². The second kappa shape index (κ2) is 15.4. The Morgan fingerprint density at radius 1 is 0.575 bits per heavy atom. The number of ether oxygens (including phenoxy) is 3. The molecule has 1 N–H and O–H groups in total. The molecule has 5 rings (SSSR count). The Labute approximate surface area is 246 Å². The number of benzene rings is 4. The van der Waals surface area contributed by atoms with Crippen molar-refractivity contribution in [1.82, 2.24) is 0 Å². The molecule has 5 unspecified atom stereocenters. The lowest BCUT2D eigenvalue weighted by Gasteiger charge is -2.44. The minimum atomic E-state index is -1.08. The fraction of sp³-hybridized carbons (Fsp3) is 0.294. The monoisotopic (exact) mass is 572 g/mol. The van der Waals surface area contributed by atoms with Crippen molar-refractivity contribution in [2.45, 2.75) is 54.6 Å². The van der Waals surface area contributed by atoms with Crippen LogP contribution in [-0.4, -0.2) is 40.7 Å². The van der Waals surface area contributed by atoms with Crippen LogP contribution in [0.25, 0.3) is 0 Å². The summed E-state index contributed by atoms with van der Waals surface area (Å²) in [5.74, 6) is 2.45. The number of aliphatic hydroxyl groups excluding tert-OH is 1. The first-order valence-electron chi connectivity index (χ1n) is 13.7. The van der Waals surface area contributed by atoms with Crippen LogP contribution in [-0.2, 0) is 38.9 Å². The first kappa shape index (κ1) is 28.9. The molecule has 0 aromatic heterocycles. The third-order valence-corrected chi connectivity index (χ3v) is 9.42. The van der Waals surface area contributed by atoms with E-state index in [-0.39, 0.29) is 17.5 Å². The molecule has 1 aliphatic rings. The van der Waals surface area contributed by atoms with Gasteiger partial charge in [-0.25, -0.2) is 0 Å². The van der Waals surface area contributed by atoms with E-state index in [9.17, 15) is 5.11 Å². The second-order valence-corrected chi connectivity index (χ2v) is 12.0. The maximum Gasteiger partial charge on any atom is 0.184 e. The molecule has 0 bridgehead atoms. The Balaban J connectivity index is 1.36. The van der Waals surface area contributed by atoms with Gasteiger partial charge in [0.1, 0.15) is 12.2 Å². The molecule has 40 heavy (non-hydrogen) atoms. The first-order chi connectivity index (χ1) is 19.8. The second-order valence-electron chi connectivity index (χ2n) is 9.85. The number of thioether (sulfide) groups is 2. The summed E-state index contributed by atoms with van der Waals surface area (Å²) in [7, 11) is 0. The van der Waals surface area contributed by atoms with Gasteiger partial charge in [0.25, 0.3) is 0 Å². The van der Waals surface area contributed by atoms with Gasteiger partial charge in [-0.3, -0.25) is 0 Å². The topological polar surface area (TPSA) is 47.9 Å². The largest absolute Gasteiger partial charge is 0.369 e. The zero-order valence-electron chi connectivity index (χ0n) is 22.5. The number of hydrogen-bond acceptors (Lipinski definition) is 6. The van der Waals surface area contributed by atoms with E-state index in [0.717, 1.165) is 28.4 Å². The molecule has 5 atom stereocenters. The van der Waals surface area contributed by atoms with Gasteiger partial charge in [-0.1, -0.05) is 121 Å². The van der Waals surface area contributed by atoms with Crippen molar-refractivity contribution < 1.29 is 19.3 Å².